The van der Waals surface area contributed by atoms with Crippen molar-refractivity contribution in [3.63, 3.8) is 0 Å². The molecule has 0 radical (unpaired) electrons. The fourth-order valence-corrected chi connectivity index (χ4v) is 4.25. The van der Waals surface area contributed by atoms with E-state index in [0.29, 0.717) is 5.92 Å². The van der Waals surface area contributed by atoms with Gasteiger partial charge in [0.15, 0.2) is 5.96 Å². The van der Waals surface area contributed by atoms with E-state index >= 15 is 0 Å². The predicted octanol–water partition coefficient (Wildman–Crippen LogP) is 4.23. The summed E-state index contributed by atoms with van der Waals surface area (Å²) in [4.78, 5) is 11.5. The SMILES string of the molecule is CN=C(NCCc1nccn1Cc1ccccc1)N1CCC(Cc2ccccc2)C1.I. The average molecular weight is 529 g/mol. The van der Waals surface area contributed by atoms with Crippen molar-refractivity contribution in [1.29, 1.82) is 0 Å². The van der Waals surface area contributed by atoms with Gasteiger partial charge in [0, 0.05) is 52.0 Å². The molecular formula is C25H32IN5. The van der Waals surface area contributed by atoms with E-state index in [1.807, 2.05) is 13.2 Å². The van der Waals surface area contributed by atoms with E-state index in [9.17, 15) is 0 Å². The van der Waals surface area contributed by atoms with E-state index in [1.165, 1.54) is 17.5 Å². The van der Waals surface area contributed by atoms with Crippen LogP contribution in [0.3, 0.4) is 0 Å². The maximum Gasteiger partial charge on any atom is 0.193 e. The van der Waals surface area contributed by atoms with Crippen molar-refractivity contribution in [3.05, 3.63) is 90.0 Å². The largest absolute Gasteiger partial charge is 0.356 e. The third-order valence-electron chi connectivity index (χ3n) is 5.79. The van der Waals surface area contributed by atoms with E-state index in [2.05, 4.69) is 91.6 Å². The minimum atomic E-state index is 0. The lowest BCUT2D eigenvalue weighted by Gasteiger charge is -2.22. The maximum atomic E-state index is 4.56. The Bertz CT molecular complexity index is 939. The molecule has 1 fully saturated rings. The van der Waals surface area contributed by atoms with Gasteiger partial charge in [0.2, 0.25) is 0 Å². The molecule has 0 bridgehead atoms. The Hall–Kier alpha value is -2.35. The first-order valence-corrected chi connectivity index (χ1v) is 10.9. The monoisotopic (exact) mass is 529 g/mol. The highest BCUT2D eigenvalue weighted by molar-refractivity contribution is 14.0. The van der Waals surface area contributed by atoms with E-state index in [1.54, 1.807) is 0 Å². The molecule has 2 heterocycles. The van der Waals surface area contributed by atoms with Crippen molar-refractivity contribution in [2.75, 3.05) is 26.7 Å². The van der Waals surface area contributed by atoms with E-state index < -0.39 is 0 Å². The second-order valence-corrected chi connectivity index (χ2v) is 7.97. The number of hydrogen-bond donors (Lipinski definition) is 1. The highest BCUT2D eigenvalue weighted by atomic mass is 127. The summed E-state index contributed by atoms with van der Waals surface area (Å²) in [6.45, 7) is 3.83. The molecule has 1 unspecified atom stereocenters. The Morgan fingerprint density at radius 1 is 1.06 bits per heavy atom. The molecular weight excluding hydrogens is 497 g/mol. The Kier molecular flexibility index (Phi) is 8.94. The molecule has 1 atom stereocenters. The van der Waals surface area contributed by atoms with Crippen LogP contribution in [-0.4, -0.2) is 47.1 Å². The van der Waals surface area contributed by atoms with Gasteiger partial charge in [-0.1, -0.05) is 60.7 Å². The molecule has 3 aromatic rings. The van der Waals surface area contributed by atoms with Gasteiger partial charge >= 0.3 is 0 Å². The third-order valence-corrected chi connectivity index (χ3v) is 5.79. The summed E-state index contributed by atoms with van der Waals surface area (Å²) in [6, 6.07) is 21.3. The lowest BCUT2D eigenvalue weighted by atomic mass is 9.99. The van der Waals surface area contributed by atoms with Crippen molar-refractivity contribution < 1.29 is 0 Å². The Labute approximate surface area is 202 Å². The molecule has 1 N–H and O–H groups in total. The van der Waals surface area contributed by atoms with Crippen molar-refractivity contribution in [2.45, 2.75) is 25.8 Å². The number of nitrogens with one attached hydrogen (secondary N) is 1. The zero-order valence-electron chi connectivity index (χ0n) is 18.2. The zero-order valence-corrected chi connectivity index (χ0v) is 20.5. The number of aliphatic imine (C=N–C) groups is 1. The Morgan fingerprint density at radius 2 is 1.77 bits per heavy atom. The molecule has 4 rings (SSSR count). The normalized spacial score (nSPS) is 16.2. The summed E-state index contributed by atoms with van der Waals surface area (Å²) in [5.41, 5.74) is 2.72. The Balaban J connectivity index is 0.00000272. The number of hydrogen-bond acceptors (Lipinski definition) is 2. The van der Waals surface area contributed by atoms with Gasteiger partial charge in [-0.3, -0.25) is 4.99 Å². The molecule has 5 nitrogen and oxygen atoms in total. The van der Waals surface area contributed by atoms with Crippen molar-refractivity contribution in [3.8, 4) is 0 Å². The maximum absolute atomic E-state index is 4.56. The highest BCUT2D eigenvalue weighted by Crippen LogP contribution is 2.20. The first-order chi connectivity index (χ1) is 14.8. The number of likely N-dealkylation sites (tertiary alicyclic amines) is 1. The number of aromatic nitrogens is 2. The van der Waals surface area contributed by atoms with Gasteiger partial charge in [-0.15, -0.1) is 24.0 Å². The molecule has 0 aliphatic carbocycles. The summed E-state index contributed by atoms with van der Waals surface area (Å²) in [5.74, 6) is 2.80. The first-order valence-electron chi connectivity index (χ1n) is 10.9. The second-order valence-electron chi connectivity index (χ2n) is 7.97. The van der Waals surface area contributed by atoms with Crippen LogP contribution < -0.4 is 5.32 Å². The van der Waals surface area contributed by atoms with Gasteiger partial charge in [-0.25, -0.2) is 4.98 Å². The van der Waals surface area contributed by atoms with Crippen molar-refractivity contribution in [2.24, 2.45) is 10.9 Å². The molecule has 1 saturated heterocycles. The predicted molar refractivity (Wildman–Crippen MR) is 138 cm³/mol. The van der Waals surface area contributed by atoms with Crippen LogP contribution in [0.4, 0.5) is 0 Å². The van der Waals surface area contributed by atoms with Crippen LogP contribution in [0.5, 0.6) is 0 Å². The number of rotatable bonds is 7. The minimum Gasteiger partial charge on any atom is -0.356 e. The molecule has 1 aliphatic heterocycles. The van der Waals surface area contributed by atoms with E-state index in [4.69, 9.17) is 0 Å². The summed E-state index contributed by atoms with van der Waals surface area (Å²) in [7, 11) is 1.88. The minimum absolute atomic E-state index is 0. The molecule has 6 heteroatoms. The van der Waals surface area contributed by atoms with Crippen LogP contribution >= 0.6 is 24.0 Å². The zero-order chi connectivity index (χ0) is 20.6. The smallest absolute Gasteiger partial charge is 0.193 e. The lowest BCUT2D eigenvalue weighted by Crippen LogP contribution is -2.41. The van der Waals surface area contributed by atoms with Gasteiger partial charge in [-0.2, -0.15) is 0 Å². The van der Waals surface area contributed by atoms with Gasteiger partial charge in [0.05, 0.1) is 0 Å². The second kappa shape index (κ2) is 11.9. The number of halogens is 1. The molecule has 0 saturated carbocycles. The van der Waals surface area contributed by atoms with Gasteiger partial charge in [0.1, 0.15) is 5.82 Å². The molecule has 0 amide bonds. The molecule has 164 valence electrons. The van der Waals surface area contributed by atoms with Crippen LogP contribution in [0.2, 0.25) is 0 Å². The Morgan fingerprint density at radius 3 is 2.48 bits per heavy atom. The van der Waals surface area contributed by atoms with Crippen LogP contribution in [0, 0.1) is 5.92 Å². The number of imidazole rings is 1. The van der Waals surface area contributed by atoms with Crippen LogP contribution in [-0.2, 0) is 19.4 Å². The summed E-state index contributed by atoms with van der Waals surface area (Å²) < 4.78 is 2.23. The average Bonchev–Trinajstić information content (AvgIpc) is 3.42. The molecule has 31 heavy (non-hydrogen) atoms. The molecule has 2 aromatic carbocycles. The summed E-state index contributed by atoms with van der Waals surface area (Å²) in [5, 5.41) is 3.55. The van der Waals surface area contributed by atoms with E-state index in [-0.39, 0.29) is 24.0 Å². The standard InChI is InChI=1S/C25H31N5.HI/c1-26-25(30-16-13-23(20-30)18-21-8-4-2-5-9-21)28-14-12-24-27-15-17-29(24)19-22-10-6-3-7-11-22;/h2-11,15,17,23H,12-14,16,18-20H2,1H3,(H,26,28);1H. The molecule has 1 aliphatic rings. The van der Waals surface area contributed by atoms with Crippen molar-refractivity contribution in [1.82, 2.24) is 19.8 Å². The lowest BCUT2D eigenvalue weighted by molar-refractivity contribution is 0.459. The summed E-state index contributed by atoms with van der Waals surface area (Å²) >= 11 is 0. The number of nitrogens with zero attached hydrogens (tertiary/aromatic N) is 4. The third kappa shape index (κ3) is 6.56. The van der Waals surface area contributed by atoms with Crippen LogP contribution in [0.15, 0.2) is 78.0 Å². The summed E-state index contributed by atoms with van der Waals surface area (Å²) in [6.07, 6.45) is 7.19. The first kappa shape index (κ1) is 23.3. The topological polar surface area (TPSA) is 45.5 Å². The van der Waals surface area contributed by atoms with E-state index in [0.717, 1.165) is 50.8 Å². The van der Waals surface area contributed by atoms with Gasteiger partial charge in [0.25, 0.3) is 0 Å². The van der Waals surface area contributed by atoms with Gasteiger partial charge in [-0.05, 0) is 29.9 Å². The number of guanidine groups is 1. The molecule has 0 spiro atoms. The van der Waals surface area contributed by atoms with Crippen LogP contribution in [0.25, 0.3) is 0 Å². The highest BCUT2D eigenvalue weighted by Gasteiger charge is 2.24. The fraction of sp³-hybridized carbons (Fsp3) is 0.360. The van der Waals surface area contributed by atoms with Crippen molar-refractivity contribution >= 4 is 29.9 Å². The fourth-order valence-electron chi connectivity index (χ4n) is 4.25. The molecule has 1 aromatic heterocycles. The van der Waals surface area contributed by atoms with Crippen LogP contribution in [0.1, 0.15) is 23.4 Å². The quantitative estimate of drug-likeness (QED) is 0.283. The number of benzene rings is 2. The van der Waals surface area contributed by atoms with Gasteiger partial charge < -0.3 is 14.8 Å².